The topological polar surface area (TPSA) is 24.8 Å². The van der Waals surface area contributed by atoms with Crippen molar-refractivity contribution in [2.45, 2.75) is 6.61 Å². The van der Waals surface area contributed by atoms with Crippen molar-refractivity contribution in [3.05, 3.63) is 63.6 Å². The van der Waals surface area contributed by atoms with Crippen LogP contribution >= 0.6 is 23.2 Å². The molecule has 2 rings (SSSR count). The Balaban J connectivity index is 1.95. The van der Waals surface area contributed by atoms with Crippen LogP contribution in [0.3, 0.4) is 0 Å². The number of hydrazone groups is 1. The summed E-state index contributed by atoms with van der Waals surface area (Å²) in [5.74, 6) is 0.795. The Labute approximate surface area is 134 Å². The number of rotatable bonds is 5. The third kappa shape index (κ3) is 4.96. The number of hydrogen-bond donors (Lipinski definition) is 0. The van der Waals surface area contributed by atoms with Gasteiger partial charge in [0.25, 0.3) is 0 Å². The fourth-order valence-corrected chi connectivity index (χ4v) is 1.95. The summed E-state index contributed by atoms with van der Waals surface area (Å²) in [5, 5.41) is 7.00. The maximum absolute atomic E-state index is 5.97. The van der Waals surface area contributed by atoms with Crippen LogP contribution in [0.15, 0.2) is 47.6 Å². The zero-order valence-electron chi connectivity index (χ0n) is 11.9. The lowest BCUT2D eigenvalue weighted by Gasteiger charge is -2.07. The van der Waals surface area contributed by atoms with Gasteiger partial charge < -0.3 is 9.75 Å². The summed E-state index contributed by atoms with van der Waals surface area (Å²) in [6, 6.07) is 13.2. The lowest BCUT2D eigenvalue weighted by atomic mass is 10.2. The molecule has 0 saturated carbocycles. The van der Waals surface area contributed by atoms with Crippen LogP contribution in [0.4, 0.5) is 0 Å². The minimum atomic E-state index is 0.446. The third-order valence-electron chi connectivity index (χ3n) is 2.71. The molecular formula is C16H16Cl2N2O. The Morgan fingerprint density at radius 3 is 2.38 bits per heavy atom. The van der Waals surface area contributed by atoms with E-state index in [1.807, 2.05) is 50.5 Å². The summed E-state index contributed by atoms with van der Waals surface area (Å²) >= 11 is 11.8. The predicted molar refractivity (Wildman–Crippen MR) is 88.5 cm³/mol. The highest BCUT2D eigenvalue weighted by Gasteiger charge is 2.01. The SMILES string of the molecule is CN(C)/N=C/c1ccc(OCc2ccc(Cl)c(Cl)c2)cc1. The largest absolute Gasteiger partial charge is 0.489 e. The summed E-state index contributed by atoms with van der Waals surface area (Å²) in [5.41, 5.74) is 1.99. The van der Waals surface area contributed by atoms with Gasteiger partial charge in [0.1, 0.15) is 12.4 Å². The second-order valence-electron chi connectivity index (χ2n) is 4.70. The molecule has 0 unspecified atom stereocenters. The van der Waals surface area contributed by atoms with Crippen molar-refractivity contribution in [3.8, 4) is 5.75 Å². The Kier molecular flexibility index (Phi) is 5.48. The number of halogens is 2. The van der Waals surface area contributed by atoms with Crippen molar-refractivity contribution in [2.75, 3.05) is 14.1 Å². The normalized spacial score (nSPS) is 10.9. The van der Waals surface area contributed by atoms with E-state index in [4.69, 9.17) is 27.9 Å². The molecular weight excluding hydrogens is 307 g/mol. The molecule has 0 amide bonds. The average Bonchev–Trinajstić information content (AvgIpc) is 2.47. The first-order valence-electron chi connectivity index (χ1n) is 6.43. The van der Waals surface area contributed by atoms with E-state index < -0.39 is 0 Å². The molecule has 3 nitrogen and oxygen atoms in total. The second-order valence-corrected chi connectivity index (χ2v) is 5.51. The monoisotopic (exact) mass is 322 g/mol. The smallest absolute Gasteiger partial charge is 0.119 e. The molecule has 0 aliphatic carbocycles. The van der Waals surface area contributed by atoms with Crippen LogP contribution < -0.4 is 4.74 Å². The molecule has 0 saturated heterocycles. The average molecular weight is 323 g/mol. The van der Waals surface area contributed by atoms with Gasteiger partial charge in [0.05, 0.1) is 16.3 Å². The molecule has 0 heterocycles. The zero-order valence-corrected chi connectivity index (χ0v) is 13.4. The van der Waals surface area contributed by atoms with E-state index in [0.717, 1.165) is 16.9 Å². The van der Waals surface area contributed by atoms with Crippen LogP contribution in [-0.4, -0.2) is 25.3 Å². The molecule has 0 aliphatic rings. The first kappa shape index (κ1) is 15.7. The standard InChI is InChI=1S/C16H16Cl2N2O/c1-20(2)19-10-12-3-6-14(7-4-12)21-11-13-5-8-15(17)16(18)9-13/h3-10H,11H2,1-2H3/b19-10+. The van der Waals surface area contributed by atoms with Crippen molar-refractivity contribution >= 4 is 29.4 Å². The van der Waals surface area contributed by atoms with Crippen molar-refractivity contribution in [3.63, 3.8) is 0 Å². The molecule has 0 aromatic heterocycles. The van der Waals surface area contributed by atoms with Gasteiger partial charge in [-0.1, -0.05) is 29.3 Å². The highest BCUT2D eigenvalue weighted by molar-refractivity contribution is 6.42. The molecule has 0 N–H and O–H groups in total. The van der Waals surface area contributed by atoms with Crippen LogP contribution in [-0.2, 0) is 6.61 Å². The predicted octanol–water partition coefficient (Wildman–Crippen LogP) is 4.47. The number of benzene rings is 2. The van der Waals surface area contributed by atoms with Crippen molar-refractivity contribution < 1.29 is 4.74 Å². The van der Waals surface area contributed by atoms with E-state index in [0.29, 0.717) is 16.7 Å². The van der Waals surface area contributed by atoms with Crippen LogP contribution in [0.25, 0.3) is 0 Å². The molecule has 0 fully saturated rings. The second kappa shape index (κ2) is 7.34. The van der Waals surface area contributed by atoms with E-state index in [-0.39, 0.29) is 0 Å². The van der Waals surface area contributed by atoms with Gasteiger partial charge in [0.2, 0.25) is 0 Å². The Morgan fingerprint density at radius 2 is 1.76 bits per heavy atom. The first-order chi connectivity index (χ1) is 10.0. The Hall–Kier alpha value is -1.71. The summed E-state index contributed by atoms with van der Waals surface area (Å²) in [4.78, 5) is 0. The number of nitrogens with zero attached hydrogens (tertiary/aromatic N) is 2. The fourth-order valence-electron chi connectivity index (χ4n) is 1.63. The highest BCUT2D eigenvalue weighted by Crippen LogP contribution is 2.23. The molecule has 0 atom stereocenters. The summed E-state index contributed by atoms with van der Waals surface area (Å²) < 4.78 is 5.71. The lowest BCUT2D eigenvalue weighted by Crippen LogP contribution is -2.01. The molecule has 2 aromatic rings. The number of ether oxygens (including phenoxy) is 1. The van der Waals surface area contributed by atoms with Crippen molar-refractivity contribution in [1.82, 2.24) is 5.01 Å². The van der Waals surface area contributed by atoms with E-state index in [1.165, 1.54) is 0 Å². The maximum Gasteiger partial charge on any atom is 0.119 e. The molecule has 0 bridgehead atoms. The quantitative estimate of drug-likeness (QED) is 0.599. The van der Waals surface area contributed by atoms with E-state index >= 15 is 0 Å². The lowest BCUT2D eigenvalue weighted by molar-refractivity contribution is 0.306. The van der Waals surface area contributed by atoms with Gasteiger partial charge in [0, 0.05) is 14.1 Å². The van der Waals surface area contributed by atoms with Gasteiger partial charge >= 0.3 is 0 Å². The highest BCUT2D eigenvalue weighted by atomic mass is 35.5. The van der Waals surface area contributed by atoms with Crippen LogP contribution in [0.2, 0.25) is 10.0 Å². The molecule has 0 spiro atoms. The number of hydrogen-bond acceptors (Lipinski definition) is 3. The minimum absolute atomic E-state index is 0.446. The van der Waals surface area contributed by atoms with Crippen LogP contribution in [0.5, 0.6) is 5.75 Å². The summed E-state index contributed by atoms with van der Waals surface area (Å²) in [7, 11) is 3.76. The fraction of sp³-hybridized carbons (Fsp3) is 0.188. The van der Waals surface area contributed by atoms with Gasteiger partial charge in [-0.3, -0.25) is 0 Å². The van der Waals surface area contributed by atoms with Gasteiger partial charge in [-0.15, -0.1) is 0 Å². The summed E-state index contributed by atoms with van der Waals surface area (Å²) in [6.07, 6.45) is 1.79. The molecule has 0 radical (unpaired) electrons. The molecule has 110 valence electrons. The van der Waals surface area contributed by atoms with E-state index in [9.17, 15) is 0 Å². The van der Waals surface area contributed by atoms with E-state index in [1.54, 1.807) is 17.3 Å². The van der Waals surface area contributed by atoms with Crippen LogP contribution in [0.1, 0.15) is 11.1 Å². The van der Waals surface area contributed by atoms with Gasteiger partial charge in [-0.2, -0.15) is 5.10 Å². The van der Waals surface area contributed by atoms with Gasteiger partial charge in [-0.25, -0.2) is 0 Å². The van der Waals surface area contributed by atoms with E-state index in [2.05, 4.69) is 5.10 Å². The zero-order chi connectivity index (χ0) is 15.2. The Morgan fingerprint density at radius 1 is 1.05 bits per heavy atom. The third-order valence-corrected chi connectivity index (χ3v) is 3.45. The van der Waals surface area contributed by atoms with Gasteiger partial charge in [0.15, 0.2) is 0 Å². The first-order valence-corrected chi connectivity index (χ1v) is 7.18. The molecule has 21 heavy (non-hydrogen) atoms. The van der Waals surface area contributed by atoms with Crippen molar-refractivity contribution in [1.29, 1.82) is 0 Å². The summed E-state index contributed by atoms with van der Waals surface area (Å²) in [6.45, 7) is 0.446. The van der Waals surface area contributed by atoms with Crippen molar-refractivity contribution in [2.24, 2.45) is 5.10 Å². The Bertz CT molecular complexity index is 625. The van der Waals surface area contributed by atoms with Crippen LogP contribution in [0, 0.1) is 0 Å². The molecule has 2 aromatic carbocycles. The molecule has 5 heteroatoms. The minimum Gasteiger partial charge on any atom is -0.489 e. The molecule has 0 aliphatic heterocycles. The maximum atomic E-state index is 5.97. The van der Waals surface area contributed by atoms with Gasteiger partial charge in [-0.05, 0) is 47.5 Å².